The molecule has 2 amide bonds. The van der Waals surface area contributed by atoms with Crippen LogP contribution in [0.15, 0.2) is 24.3 Å². The number of ether oxygens (including phenoxy) is 1. The monoisotopic (exact) mass is 320 g/mol. The average Bonchev–Trinajstić information content (AvgIpc) is 2.55. The van der Waals surface area contributed by atoms with Gasteiger partial charge in [-0.15, -0.1) is 0 Å². The summed E-state index contributed by atoms with van der Waals surface area (Å²) in [6.07, 6.45) is 0.623. The van der Waals surface area contributed by atoms with Crippen LogP contribution in [0.1, 0.15) is 22.3 Å². The number of carbonyl (C=O) groups excluding carboxylic acids is 2. The van der Waals surface area contributed by atoms with Crippen LogP contribution in [0, 0.1) is 12.8 Å². The average molecular weight is 320 g/mol. The molecule has 0 radical (unpaired) electrons. The highest BCUT2D eigenvalue weighted by Crippen LogP contribution is 2.20. The van der Waals surface area contributed by atoms with Gasteiger partial charge in [-0.05, 0) is 25.0 Å². The maximum atomic E-state index is 12.7. The van der Waals surface area contributed by atoms with Crippen molar-refractivity contribution in [1.29, 1.82) is 0 Å². The van der Waals surface area contributed by atoms with E-state index in [0.717, 1.165) is 5.56 Å². The number of piperidine rings is 1. The van der Waals surface area contributed by atoms with Crippen LogP contribution in [0.4, 0.5) is 0 Å². The second kappa shape index (κ2) is 8.08. The zero-order valence-corrected chi connectivity index (χ0v) is 13.6. The molecule has 2 rings (SSSR count). The topological polar surface area (TPSA) is 78.9 Å². The number of nitrogens with zero attached hydrogens (tertiary/aromatic N) is 1. The third kappa shape index (κ3) is 4.30. The lowest BCUT2D eigenvalue weighted by Gasteiger charge is -2.38. The lowest BCUT2D eigenvalue weighted by molar-refractivity contribution is -0.126. The molecule has 1 aromatic carbocycles. The number of methoxy groups -OCH3 is 1. The number of aryl methyl sites for hydroxylation is 1. The number of likely N-dealkylation sites (tertiary alicyclic amines) is 1. The van der Waals surface area contributed by atoms with Crippen LogP contribution >= 0.6 is 0 Å². The van der Waals surface area contributed by atoms with Gasteiger partial charge in [0.25, 0.3) is 5.91 Å². The van der Waals surface area contributed by atoms with Gasteiger partial charge >= 0.3 is 0 Å². The summed E-state index contributed by atoms with van der Waals surface area (Å²) in [5.74, 6) is -0.393. The largest absolute Gasteiger partial charge is 0.396 e. The van der Waals surface area contributed by atoms with Crippen molar-refractivity contribution in [3.05, 3.63) is 35.4 Å². The van der Waals surface area contributed by atoms with Crippen molar-refractivity contribution in [3.63, 3.8) is 0 Å². The summed E-state index contributed by atoms with van der Waals surface area (Å²) >= 11 is 0. The summed E-state index contributed by atoms with van der Waals surface area (Å²) < 4.78 is 4.81. The fourth-order valence-electron chi connectivity index (χ4n) is 2.95. The molecule has 1 fully saturated rings. The van der Waals surface area contributed by atoms with Crippen molar-refractivity contribution in [1.82, 2.24) is 10.2 Å². The van der Waals surface area contributed by atoms with Gasteiger partial charge in [-0.3, -0.25) is 9.59 Å². The molecule has 23 heavy (non-hydrogen) atoms. The molecule has 1 saturated heterocycles. The van der Waals surface area contributed by atoms with Crippen LogP contribution in [0.25, 0.3) is 0 Å². The van der Waals surface area contributed by atoms with Crippen LogP contribution < -0.4 is 5.32 Å². The van der Waals surface area contributed by atoms with E-state index in [1.54, 1.807) is 4.90 Å². The Morgan fingerprint density at radius 2 is 2.13 bits per heavy atom. The minimum atomic E-state index is -0.199. The lowest BCUT2D eigenvalue weighted by atomic mass is 9.92. The molecule has 2 N–H and O–H groups in total. The molecule has 1 aliphatic heterocycles. The summed E-state index contributed by atoms with van der Waals surface area (Å²) in [6.45, 7) is 2.83. The highest BCUT2D eigenvalue weighted by molar-refractivity contribution is 5.95. The second-order valence-corrected chi connectivity index (χ2v) is 5.90. The van der Waals surface area contributed by atoms with E-state index in [4.69, 9.17) is 4.74 Å². The molecule has 0 spiro atoms. The number of carbonyl (C=O) groups is 2. The van der Waals surface area contributed by atoms with E-state index in [-0.39, 0.29) is 37.0 Å². The Labute approximate surface area is 136 Å². The van der Waals surface area contributed by atoms with Crippen molar-refractivity contribution in [2.75, 3.05) is 33.4 Å². The van der Waals surface area contributed by atoms with Crippen LogP contribution in [-0.2, 0) is 9.53 Å². The van der Waals surface area contributed by atoms with Crippen LogP contribution in [0.5, 0.6) is 0 Å². The Morgan fingerprint density at radius 3 is 2.78 bits per heavy atom. The van der Waals surface area contributed by atoms with Crippen LogP contribution in [0.3, 0.4) is 0 Å². The predicted octanol–water partition coefficient (Wildman–Crippen LogP) is 0.581. The lowest BCUT2D eigenvalue weighted by Crippen LogP contribution is -2.54. The summed E-state index contributed by atoms with van der Waals surface area (Å²) in [6, 6.07) is 7.34. The standard InChI is InChI=1S/C17H24N2O4/c1-12-5-3-4-6-14(12)17(22)19-8-7-15(13(9-19)10-20)18-16(21)11-23-2/h3-6,13,15,20H,7-11H2,1-2H3,(H,18,21)/t13-,15-/m1/s1. The third-order valence-electron chi connectivity index (χ3n) is 4.25. The van der Waals surface area contributed by atoms with Crippen LogP contribution in [-0.4, -0.2) is 61.3 Å². The van der Waals surface area contributed by atoms with E-state index >= 15 is 0 Å². The van der Waals surface area contributed by atoms with E-state index in [2.05, 4.69) is 5.32 Å². The highest BCUT2D eigenvalue weighted by atomic mass is 16.5. The van der Waals surface area contributed by atoms with E-state index in [1.807, 2.05) is 31.2 Å². The number of hydrogen-bond acceptors (Lipinski definition) is 4. The Kier molecular flexibility index (Phi) is 6.12. The predicted molar refractivity (Wildman–Crippen MR) is 86.1 cm³/mol. The van der Waals surface area contributed by atoms with Gasteiger partial charge in [-0.25, -0.2) is 0 Å². The van der Waals surface area contributed by atoms with Gasteiger partial charge < -0.3 is 20.1 Å². The SMILES string of the molecule is COCC(=O)N[C@@H]1CCN(C(=O)c2ccccc2C)C[C@@H]1CO. The zero-order chi connectivity index (χ0) is 16.8. The molecule has 0 aliphatic carbocycles. The molecule has 6 heteroatoms. The molecule has 1 aromatic rings. The first kappa shape index (κ1) is 17.4. The van der Waals surface area contributed by atoms with Crippen molar-refractivity contribution >= 4 is 11.8 Å². The van der Waals surface area contributed by atoms with Crippen LogP contribution in [0.2, 0.25) is 0 Å². The van der Waals surface area contributed by atoms with E-state index in [9.17, 15) is 14.7 Å². The Bertz CT molecular complexity index is 561. The first-order chi connectivity index (χ1) is 11.1. The van der Waals surface area contributed by atoms with E-state index in [0.29, 0.717) is 25.1 Å². The number of aliphatic hydroxyl groups excluding tert-OH is 1. The summed E-state index contributed by atoms with van der Waals surface area (Å²) in [5.41, 5.74) is 1.62. The molecule has 126 valence electrons. The fourth-order valence-corrected chi connectivity index (χ4v) is 2.95. The van der Waals surface area contributed by atoms with Gasteiger partial charge in [-0.1, -0.05) is 18.2 Å². The van der Waals surface area contributed by atoms with Crippen molar-refractivity contribution in [2.45, 2.75) is 19.4 Å². The quantitative estimate of drug-likeness (QED) is 0.832. The minimum Gasteiger partial charge on any atom is -0.396 e. The van der Waals surface area contributed by atoms with E-state index < -0.39 is 0 Å². The number of hydrogen-bond donors (Lipinski definition) is 2. The first-order valence-corrected chi connectivity index (χ1v) is 7.81. The normalized spacial score (nSPS) is 21.1. The Hall–Kier alpha value is -1.92. The summed E-state index contributed by atoms with van der Waals surface area (Å²) in [4.78, 5) is 26.1. The van der Waals surface area contributed by atoms with Gasteiger partial charge in [-0.2, -0.15) is 0 Å². The zero-order valence-electron chi connectivity index (χ0n) is 13.6. The number of amides is 2. The van der Waals surface area contributed by atoms with Crippen molar-refractivity contribution < 1.29 is 19.4 Å². The maximum absolute atomic E-state index is 12.7. The van der Waals surface area contributed by atoms with Crippen molar-refractivity contribution in [3.8, 4) is 0 Å². The fraction of sp³-hybridized carbons (Fsp3) is 0.529. The maximum Gasteiger partial charge on any atom is 0.254 e. The van der Waals surface area contributed by atoms with Gasteiger partial charge in [0, 0.05) is 44.3 Å². The molecule has 0 saturated carbocycles. The van der Waals surface area contributed by atoms with Gasteiger partial charge in [0.05, 0.1) is 0 Å². The summed E-state index contributed by atoms with van der Waals surface area (Å²) in [5, 5.41) is 12.5. The Morgan fingerprint density at radius 1 is 1.39 bits per heavy atom. The number of aliphatic hydroxyl groups is 1. The minimum absolute atomic E-state index is 0.000499. The summed E-state index contributed by atoms with van der Waals surface area (Å²) in [7, 11) is 1.46. The number of rotatable bonds is 5. The van der Waals surface area contributed by atoms with Gasteiger partial charge in [0.2, 0.25) is 5.91 Å². The molecular formula is C17H24N2O4. The highest BCUT2D eigenvalue weighted by Gasteiger charge is 2.32. The first-order valence-electron chi connectivity index (χ1n) is 7.81. The number of benzene rings is 1. The molecule has 0 bridgehead atoms. The van der Waals surface area contributed by atoms with E-state index in [1.165, 1.54) is 7.11 Å². The molecule has 0 unspecified atom stereocenters. The molecule has 2 atom stereocenters. The van der Waals surface area contributed by atoms with Gasteiger partial charge in [0.15, 0.2) is 0 Å². The smallest absolute Gasteiger partial charge is 0.254 e. The van der Waals surface area contributed by atoms with Gasteiger partial charge in [0.1, 0.15) is 6.61 Å². The molecule has 1 aliphatic rings. The van der Waals surface area contributed by atoms with Crippen molar-refractivity contribution in [2.24, 2.45) is 5.92 Å². The third-order valence-corrected chi connectivity index (χ3v) is 4.25. The molecule has 1 heterocycles. The number of nitrogens with one attached hydrogen (secondary N) is 1. The molecule has 6 nitrogen and oxygen atoms in total. The molecular weight excluding hydrogens is 296 g/mol. The Balaban J connectivity index is 2.02. The molecule has 0 aromatic heterocycles. The second-order valence-electron chi connectivity index (χ2n) is 5.90.